The number of para-hydroxylation sites is 1. The van der Waals surface area contributed by atoms with Gasteiger partial charge in [0.25, 0.3) is 0 Å². The molecule has 3 rings (SSSR count). The molecule has 0 radical (unpaired) electrons. The van der Waals surface area contributed by atoms with E-state index in [0.29, 0.717) is 11.4 Å². The number of furan rings is 1. The first-order chi connectivity index (χ1) is 10.0. The molecule has 1 aromatic heterocycles. The Bertz CT molecular complexity index is 800. The summed E-state index contributed by atoms with van der Waals surface area (Å²) < 4.78 is 7.76. The van der Waals surface area contributed by atoms with Gasteiger partial charge in [-0.3, -0.25) is 0 Å². The Labute approximate surface area is 144 Å². The van der Waals surface area contributed by atoms with E-state index in [-0.39, 0.29) is 6.04 Å². The lowest BCUT2D eigenvalue weighted by molar-refractivity contribution is 0.493. The number of fused-ring (bicyclic) bond motifs is 1. The van der Waals surface area contributed by atoms with Crippen molar-refractivity contribution in [1.82, 2.24) is 0 Å². The maximum Gasteiger partial charge on any atom is 0.148 e. The zero-order valence-electron chi connectivity index (χ0n) is 10.9. The molecule has 108 valence electrons. The smallest absolute Gasteiger partial charge is 0.148 e. The van der Waals surface area contributed by atoms with Crippen molar-refractivity contribution in [2.75, 3.05) is 0 Å². The predicted molar refractivity (Wildman–Crippen MR) is 93.7 cm³/mol. The summed E-state index contributed by atoms with van der Waals surface area (Å²) in [5.74, 6) is 0.760. The molecule has 1 heterocycles. The van der Waals surface area contributed by atoms with Crippen LogP contribution in [0.1, 0.15) is 17.4 Å². The monoisotopic (exact) mass is 427 g/mol. The average molecular weight is 430 g/mol. The second-order valence-corrected chi connectivity index (χ2v) is 7.03. The Kier molecular flexibility index (Phi) is 4.41. The van der Waals surface area contributed by atoms with Crippen molar-refractivity contribution in [3.8, 4) is 0 Å². The van der Waals surface area contributed by atoms with E-state index in [0.717, 1.165) is 31.2 Å². The first kappa shape index (κ1) is 15.1. The van der Waals surface area contributed by atoms with Crippen LogP contribution in [-0.2, 0) is 6.42 Å². The molecular weight excluding hydrogens is 417 g/mol. The minimum absolute atomic E-state index is 0.233. The third-order valence-corrected chi connectivity index (χ3v) is 4.81. The minimum Gasteiger partial charge on any atom is -0.458 e. The summed E-state index contributed by atoms with van der Waals surface area (Å²) in [5.41, 5.74) is 8.10. The van der Waals surface area contributed by atoms with Crippen LogP contribution in [-0.4, -0.2) is 0 Å². The number of hydrogen-bond acceptors (Lipinski definition) is 2. The first-order valence-corrected chi connectivity index (χ1v) is 8.38. The maximum atomic E-state index is 6.27. The van der Waals surface area contributed by atoms with E-state index < -0.39 is 0 Å². The van der Waals surface area contributed by atoms with Gasteiger partial charge in [-0.25, -0.2) is 0 Å². The summed E-state index contributed by atoms with van der Waals surface area (Å²) in [6.45, 7) is 0. The molecular formula is C16H12Br2ClNO. The third-order valence-electron chi connectivity index (χ3n) is 3.34. The maximum absolute atomic E-state index is 6.27. The number of nitrogens with two attached hydrogens (primary N) is 1. The van der Waals surface area contributed by atoms with E-state index in [9.17, 15) is 0 Å². The van der Waals surface area contributed by atoms with Crippen molar-refractivity contribution in [3.05, 3.63) is 67.8 Å². The van der Waals surface area contributed by atoms with E-state index in [1.54, 1.807) is 0 Å². The molecule has 0 amide bonds. The normalized spacial score (nSPS) is 12.8. The summed E-state index contributed by atoms with van der Waals surface area (Å²) >= 11 is 13.1. The fraction of sp³-hybridized carbons (Fsp3) is 0.125. The van der Waals surface area contributed by atoms with Crippen molar-refractivity contribution >= 4 is 54.4 Å². The molecule has 0 saturated carbocycles. The van der Waals surface area contributed by atoms with Gasteiger partial charge in [-0.15, -0.1) is 0 Å². The van der Waals surface area contributed by atoms with Gasteiger partial charge in [0.2, 0.25) is 0 Å². The lowest BCUT2D eigenvalue weighted by atomic mass is 10.0. The number of halogens is 3. The van der Waals surface area contributed by atoms with Crippen LogP contribution in [0, 0.1) is 0 Å². The zero-order chi connectivity index (χ0) is 15.0. The quantitative estimate of drug-likeness (QED) is 0.567. The van der Waals surface area contributed by atoms with Gasteiger partial charge in [0.1, 0.15) is 11.3 Å². The molecule has 0 saturated heterocycles. The van der Waals surface area contributed by atoms with Crippen LogP contribution in [0.3, 0.4) is 0 Å². The fourth-order valence-electron chi connectivity index (χ4n) is 2.25. The van der Waals surface area contributed by atoms with E-state index >= 15 is 0 Å². The van der Waals surface area contributed by atoms with Gasteiger partial charge in [0.05, 0.1) is 10.5 Å². The Balaban J connectivity index is 1.90. The van der Waals surface area contributed by atoms with Gasteiger partial charge in [-0.05, 0) is 52.2 Å². The molecule has 0 spiro atoms. The van der Waals surface area contributed by atoms with Gasteiger partial charge >= 0.3 is 0 Å². The van der Waals surface area contributed by atoms with Crippen LogP contribution >= 0.6 is 43.5 Å². The second-order valence-electron chi connectivity index (χ2n) is 4.85. The standard InChI is InChI=1S/C16H12Br2ClNO/c17-11-5-4-9(13(19)8-11)6-14(20)15-7-10-2-1-3-12(18)16(10)21-15/h1-5,7-8,14H,6,20H2. The molecule has 0 bridgehead atoms. The molecule has 0 aliphatic carbocycles. The highest BCUT2D eigenvalue weighted by atomic mass is 79.9. The van der Waals surface area contributed by atoms with Crippen LogP contribution in [0.2, 0.25) is 5.02 Å². The lowest BCUT2D eigenvalue weighted by Crippen LogP contribution is -2.12. The summed E-state index contributed by atoms with van der Waals surface area (Å²) in [4.78, 5) is 0. The van der Waals surface area contributed by atoms with Gasteiger partial charge in [-0.2, -0.15) is 0 Å². The molecule has 3 aromatic rings. The summed E-state index contributed by atoms with van der Waals surface area (Å²) in [6, 6.07) is 13.5. The zero-order valence-corrected chi connectivity index (χ0v) is 14.9. The highest BCUT2D eigenvalue weighted by molar-refractivity contribution is 9.11. The van der Waals surface area contributed by atoms with Crippen LogP contribution in [0.25, 0.3) is 11.0 Å². The van der Waals surface area contributed by atoms with Gasteiger partial charge in [-0.1, -0.05) is 45.7 Å². The topological polar surface area (TPSA) is 39.2 Å². The Morgan fingerprint density at radius 2 is 1.95 bits per heavy atom. The lowest BCUT2D eigenvalue weighted by Gasteiger charge is -2.10. The van der Waals surface area contributed by atoms with Crippen molar-refractivity contribution < 1.29 is 4.42 Å². The molecule has 0 fully saturated rings. The molecule has 2 N–H and O–H groups in total. The molecule has 2 aromatic carbocycles. The third kappa shape index (κ3) is 3.19. The van der Waals surface area contributed by atoms with Crippen molar-refractivity contribution in [2.45, 2.75) is 12.5 Å². The molecule has 1 atom stereocenters. The molecule has 21 heavy (non-hydrogen) atoms. The van der Waals surface area contributed by atoms with Crippen LogP contribution in [0.15, 0.2) is 55.8 Å². The van der Waals surface area contributed by atoms with Crippen LogP contribution < -0.4 is 5.73 Å². The number of hydrogen-bond donors (Lipinski definition) is 1. The molecule has 0 aliphatic heterocycles. The highest BCUT2D eigenvalue weighted by Crippen LogP contribution is 2.31. The Morgan fingerprint density at radius 1 is 1.14 bits per heavy atom. The van der Waals surface area contributed by atoms with E-state index in [1.165, 1.54) is 0 Å². The predicted octanol–water partition coefficient (Wildman–Crippen LogP) is 5.85. The molecule has 1 unspecified atom stereocenters. The van der Waals surface area contributed by atoms with Gasteiger partial charge in [0, 0.05) is 14.9 Å². The minimum atomic E-state index is -0.233. The van der Waals surface area contributed by atoms with E-state index in [1.807, 2.05) is 42.5 Å². The van der Waals surface area contributed by atoms with Crippen LogP contribution in [0.4, 0.5) is 0 Å². The SMILES string of the molecule is NC(Cc1ccc(Br)cc1Cl)c1cc2cccc(Br)c2o1. The van der Waals surface area contributed by atoms with Crippen LogP contribution in [0.5, 0.6) is 0 Å². The second kappa shape index (κ2) is 6.13. The molecule has 5 heteroatoms. The summed E-state index contributed by atoms with van der Waals surface area (Å²) in [5, 5.41) is 1.74. The van der Waals surface area contributed by atoms with Crippen molar-refractivity contribution in [1.29, 1.82) is 0 Å². The number of rotatable bonds is 3. The van der Waals surface area contributed by atoms with E-state index in [4.69, 9.17) is 21.8 Å². The fourth-order valence-corrected chi connectivity index (χ4v) is 3.47. The number of benzene rings is 2. The Morgan fingerprint density at radius 3 is 2.67 bits per heavy atom. The average Bonchev–Trinajstić information content (AvgIpc) is 2.87. The van der Waals surface area contributed by atoms with E-state index in [2.05, 4.69) is 31.9 Å². The van der Waals surface area contributed by atoms with Gasteiger partial charge < -0.3 is 10.2 Å². The highest BCUT2D eigenvalue weighted by Gasteiger charge is 2.15. The summed E-state index contributed by atoms with van der Waals surface area (Å²) in [7, 11) is 0. The largest absolute Gasteiger partial charge is 0.458 e. The Hall–Kier alpha value is -0.810. The van der Waals surface area contributed by atoms with Crippen molar-refractivity contribution in [3.63, 3.8) is 0 Å². The molecule has 2 nitrogen and oxygen atoms in total. The summed E-state index contributed by atoms with van der Waals surface area (Å²) in [6.07, 6.45) is 0.629. The first-order valence-electron chi connectivity index (χ1n) is 6.42. The van der Waals surface area contributed by atoms with Crippen molar-refractivity contribution in [2.24, 2.45) is 5.73 Å². The molecule has 0 aliphatic rings. The van der Waals surface area contributed by atoms with Gasteiger partial charge in [0.15, 0.2) is 0 Å².